The first-order valence-corrected chi connectivity index (χ1v) is 7.74. The summed E-state index contributed by atoms with van der Waals surface area (Å²) < 4.78 is 1.72. The van der Waals surface area contributed by atoms with Crippen molar-refractivity contribution in [3.05, 3.63) is 58.9 Å². The number of aromatic nitrogens is 5. The summed E-state index contributed by atoms with van der Waals surface area (Å²) in [5.74, 6) is -0.279. The van der Waals surface area contributed by atoms with Crippen LogP contribution in [0, 0.1) is 6.92 Å². The van der Waals surface area contributed by atoms with Crippen molar-refractivity contribution in [1.82, 2.24) is 25.2 Å². The topological polar surface area (TPSA) is 85.6 Å². The minimum Gasteiger partial charge on any atom is -0.297 e. The van der Waals surface area contributed by atoms with Crippen LogP contribution in [-0.2, 0) is 11.3 Å². The molecule has 23 heavy (non-hydrogen) atoms. The van der Waals surface area contributed by atoms with E-state index in [0.717, 1.165) is 10.6 Å². The quantitative estimate of drug-likeness (QED) is 0.726. The second kappa shape index (κ2) is 6.93. The molecule has 0 fully saturated rings. The highest BCUT2D eigenvalue weighted by molar-refractivity contribution is 7.15. The molecule has 0 spiro atoms. The highest BCUT2D eigenvalue weighted by Gasteiger charge is 2.04. The van der Waals surface area contributed by atoms with Crippen molar-refractivity contribution in [2.45, 2.75) is 13.5 Å². The van der Waals surface area contributed by atoms with Crippen LogP contribution in [0.15, 0.2) is 42.6 Å². The molecule has 0 radical (unpaired) electrons. The number of benzene rings is 1. The Balaban J connectivity index is 1.58. The lowest BCUT2D eigenvalue weighted by molar-refractivity contribution is -0.111. The number of amides is 1. The molecule has 116 valence electrons. The fourth-order valence-electron chi connectivity index (χ4n) is 1.89. The van der Waals surface area contributed by atoms with Crippen LogP contribution < -0.4 is 5.32 Å². The third-order valence-electron chi connectivity index (χ3n) is 2.91. The summed E-state index contributed by atoms with van der Waals surface area (Å²) in [6.07, 6.45) is 4.79. The van der Waals surface area contributed by atoms with Gasteiger partial charge >= 0.3 is 0 Å². The van der Waals surface area contributed by atoms with Gasteiger partial charge in [0.15, 0.2) is 0 Å². The molecule has 3 rings (SSSR count). The lowest BCUT2D eigenvalue weighted by atomic mass is 10.2. The van der Waals surface area contributed by atoms with E-state index in [-0.39, 0.29) is 5.91 Å². The molecule has 3 aromatic rings. The van der Waals surface area contributed by atoms with Crippen molar-refractivity contribution in [3.8, 4) is 0 Å². The molecule has 2 aromatic heterocycles. The van der Waals surface area contributed by atoms with Gasteiger partial charge in [0.1, 0.15) is 10.7 Å². The van der Waals surface area contributed by atoms with E-state index in [4.69, 9.17) is 0 Å². The van der Waals surface area contributed by atoms with Gasteiger partial charge in [0.05, 0.1) is 12.7 Å². The monoisotopic (exact) mass is 326 g/mol. The standard InChI is InChI=1S/C15H14N6OS/c1-11-17-19-15(23-11)16-14(22)8-7-13-10-21(20-18-13)9-12-5-3-2-4-6-12/h2-8,10H,9H2,1H3,(H,16,19,22)/b8-7+. The van der Waals surface area contributed by atoms with Gasteiger partial charge in [-0.25, -0.2) is 4.68 Å². The first kappa shape index (κ1) is 15.0. The maximum atomic E-state index is 11.8. The van der Waals surface area contributed by atoms with Crippen LogP contribution in [0.1, 0.15) is 16.3 Å². The molecule has 0 saturated carbocycles. The van der Waals surface area contributed by atoms with Gasteiger partial charge in [-0.3, -0.25) is 10.1 Å². The molecular weight excluding hydrogens is 312 g/mol. The maximum Gasteiger partial charge on any atom is 0.250 e. The first-order valence-electron chi connectivity index (χ1n) is 6.92. The summed E-state index contributed by atoms with van der Waals surface area (Å²) in [6, 6.07) is 9.97. The second-order valence-corrected chi connectivity index (χ2v) is 5.96. The first-order chi connectivity index (χ1) is 11.2. The predicted octanol–water partition coefficient (Wildman–Crippen LogP) is 2.14. The molecule has 0 aliphatic heterocycles. The van der Waals surface area contributed by atoms with E-state index < -0.39 is 0 Å². The van der Waals surface area contributed by atoms with Gasteiger partial charge in [0, 0.05) is 6.08 Å². The Bertz CT molecular complexity index is 823. The normalized spacial score (nSPS) is 11.0. The Kier molecular flexibility index (Phi) is 4.53. The van der Waals surface area contributed by atoms with Gasteiger partial charge < -0.3 is 0 Å². The van der Waals surface area contributed by atoms with E-state index >= 15 is 0 Å². The largest absolute Gasteiger partial charge is 0.297 e. The van der Waals surface area contributed by atoms with Crippen molar-refractivity contribution in [2.75, 3.05) is 5.32 Å². The summed E-state index contributed by atoms with van der Waals surface area (Å²) in [7, 11) is 0. The number of nitrogens with one attached hydrogen (secondary N) is 1. The van der Waals surface area contributed by atoms with Gasteiger partial charge in [0.2, 0.25) is 11.0 Å². The van der Waals surface area contributed by atoms with E-state index in [1.165, 1.54) is 17.4 Å². The zero-order chi connectivity index (χ0) is 16.1. The van der Waals surface area contributed by atoms with Crippen molar-refractivity contribution in [2.24, 2.45) is 0 Å². The van der Waals surface area contributed by atoms with Crippen LogP contribution in [-0.4, -0.2) is 31.1 Å². The second-order valence-electron chi connectivity index (χ2n) is 4.78. The Morgan fingerprint density at radius 3 is 2.83 bits per heavy atom. The predicted molar refractivity (Wildman–Crippen MR) is 87.9 cm³/mol. The van der Waals surface area contributed by atoms with Crippen molar-refractivity contribution >= 4 is 28.5 Å². The van der Waals surface area contributed by atoms with Crippen LogP contribution in [0.3, 0.4) is 0 Å². The molecule has 1 amide bonds. The van der Waals surface area contributed by atoms with Crippen LogP contribution in [0.2, 0.25) is 0 Å². The number of anilines is 1. The van der Waals surface area contributed by atoms with Gasteiger partial charge in [-0.05, 0) is 18.6 Å². The Hall–Kier alpha value is -2.87. The molecular formula is C15H14N6OS. The highest BCUT2D eigenvalue weighted by Crippen LogP contribution is 2.13. The Morgan fingerprint density at radius 1 is 1.26 bits per heavy atom. The SMILES string of the molecule is Cc1nnc(NC(=O)/C=C/c2cn(Cc3ccccc3)nn2)s1. The van der Waals surface area contributed by atoms with Gasteiger partial charge in [-0.1, -0.05) is 46.9 Å². The van der Waals surface area contributed by atoms with Crippen molar-refractivity contribution in [1.29, 1.82) is 0 Å². The Morgan fingerprint density at radius 2 is 2.09 bits per heavy atom. The van der Waals surface area contributed by atoms with E-state index in [1.807, 2.05) is 37.3 Å². The number of aryl methyl sites for hydroxylation is 1. The molecule has 0 atom stereocenters. The lowest BCUT2D eigenvalue weighted by Crippen LogP contribution is -2.07. The van der Waals surface area contributed by atoms with Crippen LogP contribution in [0.5, 0.6) is 0 Å². The summed E-state index contributed by atoms with van der Waals surface area (Å²) in [5, 5.41) is 19.6. The summed E-state index contributed by atoms with van der Waals surface area (Å²) in [6.45, 7) is 2.46. The number of carbonyl (C=O) groups excluding carboxylic acids is 1. The average Bonchev–Trinajstić information content (AvgIpc) is 3.15. The van der Waals surface area contributed by atoms with Crippen LogP contribution in [0.4, 0.5) is 5.13 Å². The number of carbonyl (C=O) groups is 1. The number of rotatable bonds is 5. The van der Waals surface area contributed by atoms with E-state index in [1.54, 1.807) is 17.0 Å². The molecule has 1 N–H and O–H groups in total. The van der Waals surface area contributed by atoms with Crippen molar-refractivity contribution in [3.63, 3.8) is 0 Å². The molecule has 8 heteroatoms. The van der Waals surface area contributed by atoms with Gasteiger partial charge in [-0.15, -0.1) is 15.3 Å². The lowest BCUT2D eigenvalue weighted by Gasteiger charge is -1.98. The fraction of sp³-hybridized carbons (Fsp3) is 0.133. The molecule has 0 saturated heterocycles. The molecule has 2 heterocycles. The minimum atomic E-state index is -0.279. The van der Waals surface area contributed by atoms with Gasteiger partial charge in [-0.2, -0.15) is 0 Å². The van der Waals surface area contributed by atoms with Crippen molar-refractivity contribution < 1.29 is 4.79 Å². The zero-order valence-corrected chi connectivity index (χ0v) is 13.2. The number of hydrogen-bond donors (Lipinski definition) is 1. The molecule has 0 aliphatic carbocycles. The maximum absolute atomic E-state index is 11.8. The third kappa shape index (κ3) is 4.30. The average molecular weight is 326 g/mol. The molecule has 0 aliphatic rings. The molecule has 0 bridgehead atoms. The number of nitrogens with zero attached hydrogens (tertiary/aromatic N) is 5. The van der Waals surface area contributed by atoms with Gasteiger partial charge in [0.25, 0.3) is 0 Å². The number of hydrogen-bond acceptors (Lipinski definition) is 6. The summed E-state index contributed by atoms with van der Waals surface area (Å²) in [5.41, 5.74) is 1.75. The van der Waals surface area contributed by atoms with E-state index in [2.05, 4.69) is 25.8 Å². The summed E-state index contributed by atoms with van der Waals surface area (Å²) in [4.78, 5) is 11.8. The Labute approximate surface area is 136 Å². The highest BCUT2D eigenvalue weighted by atomic mass is 32.1. The van der Waals surface area contributed by atoms with Crippen LogP contribution >= 0.6 is 11.3 Å². The van der Waals surface area contributed by atoms with E-state index in [9.17, 15) is 4.79 Å². The third-order valence-corrected chi connectivity index (χ3v) is 3.66. The smallest absolute Gasteiger partial charge is 0.250 e. The summed E-state index contributed by atoms with van der Waals surface area (Å²) >= 11 is 1.32. The minimum absolute atomic E-state index is 0.279. The fourth-order valence-corrected chi connectivity index (χ4v) is 2.49. The molecule has 1 aromatic carbocycles. The molecule has 7 nitrogen and oxygen atoms in total. The van der Waals surface area contributed by atoms with E-state index in [0.29, 0.717) is 17.4 Å². The van der Waals surface area contributed by atoms with Crippen LogP contribution in [0.25, 0.3) is 6.08 Å². The molecule has 0 unspecified atom stereocenters. The zero-order valence-electron chi connectivity index (χ0n) is 12.4.